The van der Waals surface area contributed by atoms with Crippen molar-refractivity contribution in [2.24, 2.45) is 16.9 Å². The summed E-state index contributed by atoms with van der Waals surface area (Å²) in [6, 6.07) is -0.0930. The fourth-order valence-corrected chi connectivity index (χ4v) is 1.99. The molecule has 1 rings (SSSR count). The summed E-state index contributed by atoms with van der Waals surface area (Å²) >= 11 is 0. The van der Waals surface area contributed by atoms with Gasteiger partial charge in [-0.25, -0.2) is 4.79 Å². The van der Waals surface area contributed by atoms with Gasteiger partial charge in [-0.15, -0.1) is 0 Å². The van der Waals surface area contributed by atoms with Crippen molar-refractivity contribution in [1.82, 2.24) is 5.32 Å². The van der Waals surface area contributed by atoms with Crippen LogP contribution in [-0.4, -0.2) is 31.2 Å². The molecular weight excluding hydrogens is 210 g/mol. The first kappa shape index (κ1) is 12.8. The quantitative estimate of drug-likeness (QED) is 0.576. The van der Waals surface area contributed by atoms with Gasteiger partial charge in [-0.05, 0) is 19.8 Å². The van der Waals surface area contributed by atoms with Crippen LogP contribution in [0.5, 0.6) is 0 Å². The molecule has 2 atom stereocenters. The Labute approximate surface area is 94.7 Å². The molecule has 0 saturated heterocycles. The minimum atomic E-state index is -0.835. The van der Waals surface area contributed by atoms with Crippen LogP contribution in [0.4, 0.5) is 4.79 Å². The first-order chi connectivity index (χ1) is 7.47. The Morgan fingerprint density at radius 2 is 2.25 bits per heavy atom. The Balaban J connectivity index is 2.32. The molecule has 1 aliphatic carbocycles. The van der Waals surface area contributed by atoms with E-state index in [4.69, 9.17) is 11.5 Å². The van der Waals surface area contributed by atoms with Crippen LogP contribution in [0.25, 0.3) is 0 Å². The Bertz CT molecular complexity index is 282. The maximum Gasteiger partial charge on any atom is 0.404 e. The molecular formula is C10H19N3O3. The predicted octanol–water partition coefficient (Wildman–Crippen LogP) is -0.285. The van der Waals surface area contributed by atoms with Crippen LogP contribution in [0.2, 0.25) is 0 Å². The molecule has 0 aromatic rings. The Morgan fingerprint density at radius 1 is 1.56 bits per heavy atom. The van der Waals surface area contributed by atoms with Gasteiger partial charge >= 0.3 is 6.09 Å². The summed E-state index contributed by atoms with van der Waals surface area (Å²) in [5.74, 6) is -0.0782. The fourth-order valence-electron chi connectivity index (χ4n) is 1.99. The predicted molar refractivity (Wildman–Crippen MR) is 58.5 cm³/mol. The minimum absolute atomic E-state index is 0.0782. The summed E-state index contributed by atoms with van der Waals surface area (Å²) in [5.41, 5.74) is 10.2. The molecule has 6 nitrogen and oxygen atoms in total. The molecule has 0 aromatic heterocycles. The average molecular weight is 229 g/mol. The zero-order chi connectivity index (χ0) is 12.2. The maximum atomic E-state index is 11.9. The van der Waals surface area contributed by atoms with Gasteiger partial charge in [-0.1, -0.05) is 6.42 Å². The van der Waals surface area contributed by atoms with Crippen LogP contribution in [0, 0.1) is 5.41 Å². The highest BCUT2D eigenvalue weighted by Crippen LogP contribution is 2.36. The van der Waals surface area contributed by atoms with Gasteiger partial charge in [0.05, 0.1) is 12.0 Å². The lowest BCUT2D eigenvalue weighted by Crippen LogP contribution is -2.48. The van der Waals surface area contributed by atoms with E-state index in [-0.39, 0.29) is 25.1 Å². The van der Waals surface area contributed by atoms with Gasteiger partial charge in [0.25, 0.3) is 0 Å². The van der Waals surface area contributed by atoms with Gasteiger partial charge < -0.3 is 21.5 Å². The molecule has 6 heteroatoms. The Kier molecular flexibility index (Phi) is 4.12. The van der Waals surface area contributed by atoms with Gasteiger partial charge in [0.15, 0.2) is 0 Å². The average Bonchev–Trinajstić information content (AvgIpc) is 2.55. The van der Waals surface area contributed by atoms with E-state index in [9.17, 15) is 9.59 Å². The van der Waals surface area contributed by atoms with Gasteiger partial charge in [-0.3, -0.25) is 4.79 Å². The fraction of sp³-hybridized carbons (Fsp3) is 0.800. The molecule has 0 aromatic carbocycles. The lowest BCUT2D eigenvalue weighted by Gasteiger charge is -2.27. The smallest absolute Gasteiger partial charge is 0.404 e. The van der Waals surface area contributed by atoms with Crippen LogP contribution in [0.1, 0.15) is 26.2 Å². The summed E-state index contributed by atoms with van der Waals surface area (Å²) in [7, 11) is 0. The highest BCUT2D eigenvalue weighted by molar-refractivity contribution is 5.83. The summed E-state index contributed by atoms with van der Waals surface area (Å²) in [5, 5.41) is 2.70. The van der Waals surface area contributed by atoms with Gasteiger partial charge in [0, 0.05) is 6.04 Å². The molecule has 1 aliphatic rings. The van der Waals surface area contributed by atoms with Crippen LogP contribution in [0.15, 0.2) is 0 Å². The number of rotatable bonds is 4. The molecule has 2 unspecified atom stereocenters. The molecule has 16 heavy (non-hydrogen) atoms. The standard InChI is InChI=1S/C10H19N3O3/c1-10(4-2-3-7(10)11)8(14)13-5-6-16-9(12)15/h7H,2-6,11H2,1H3,(H2,12,15)(H,13,14). The number of hydrogen-bond donors (Lipinski definition) is 3. The normalized spacial score (nSPS) is 28.8. The third-order valence-electron chi connectivity index (χ3n) is 3.18. The van der Waals surface area contributed by atoms with E-state index in [0.717, 1.165) is 19.3 Å². The van der Waals surface area contributed by atoms with Crippen molar-refractivity contribution in [3.8, 4) is 0 Å². The number of amides is 2. The second kappa shape index (κ2) is 5.16. The topological polar surface area (TPSA) is 107 Å². The van der Waals surface area contributed by atoms with Crippen LogP contribution >= 0.6 is 0 Å². The molecule has 0 spiro atoms. The van der Waals surface area contributed by atoms with Gasteiger partial charge in [0.1, 0.15) is 6.61 Å². The summed E-state index contributed by atoms with van der Waals surface area (Å²) < 4.78 is 4.51. The second-order valence-corrected chi connectivity index (χ2v) is 4.34. The van der Waals surface area contributed by atoms with E-state index in [1.165, 1.54) is 0 Å². The minimum Gasteiger partial charge on any atom is -0.448 e. The third kappa shape index (κ3) is 2.85. The number of nitrogens with two attached hydrogens (primary N) is 2. The molecule has 92 valence electrons. The third-order valence-corrected chi connectivity index (χ3v) is 3.18. The van der Waals surface area contributed by atoms with Crippen molar-refractivity contribution >= 4 is 12.0 Å². The monoisotopic (exact) mass is 229 g/mol. The first-order valence-electron chi connectivity index (χ1n) is 5.43. The van der Waals surface area contributed by atoms with E-state index < -0.39 is 11.5 Å². The van der Waals surface area contributed by atoms with E-state index in [1.807, 2.05) is 6.92 Å². The molecule has 0 bridgehead atoms. The molecule has 0 heterocycles. The second-order valence-electron chi connectivity index (χ2n) is 4.34. The molecule has 1 fully saturated rings. The molecule has 2 amide bonds. The van der Waals surface area contributed by atoms with Gasteiger partial charge in [-0.2, -0.15) is 0 Å². The van der Waals surface area contributed by atoms with E-state index in [2.05, 4.69) is 10.1 Å². The largest absolute Gasteiger partial charge is 0.448 e. The first-order valence-corrected chi connectivity index (χ1v) is 5.43. The molecule has 0 radical (unpaired) electrons. The van der Waals surface area contributed by atoms with Crippen LogP contribution in [0.3, 0.4) is 0 Å². The van der Waals surface area contributed by atoms with Crippen LogP contribution in [-0.2, 0) is 9.53 Å². The Morgan fingerprint density at radius 3 is 2.75 bits per heavy atom. The number of hydrogen-bond acceptors (Lipinski definition) is 4. The number of carbonyl (C=O) groups excluding carboxylic acids is 2. The van der Waals surface area contributed by atoms with Crippen molar-refractivity contribution in [3.63, 3.8) is 0 Å². The van der Waals surface area contributed by atoms with E-state index in [1.54, 1.807) is 0 Å². The zero-order valence-electron chi connectivity index (χ0n) is 9.49. The highest BCUT2D eigenvalue weighted by Gasteiger charge is 2.42. The highest BCUT2D eigenvalue weighted by atomic mass is 16.5. The van der Waals surface area contributed by atoms with Crippen LogP contribution < -0.4 is 16.8 Å². The van der Waals surface area contributed by atoms with Gasteiger partial charge in [0.2, 0.25) is 5.91 Å². The van der Waals surface area contributed by atoms with Crippen molar-refractivity contribution < 1.29 is 14.3 Å². The van der Waals surface area contributed by atoms with Crippen molar-refractivity contribution in [2.45, 2.75) is 32.2 Å². The number of primary amides is 1. The summed E-state index contributed by atoms with van der Waals surface area (Å²) in [6.45, 7) is 2.23. The maximum absolute atomic E-state index is 11.9. The molecule has 5 N–H and O–H groups in total. The molecule has 1 saturated carbocycles. The number of ether oxygens (including phenoxy) is 1. The number of carbonyl (C=O) groups is 2. The van der Waals surface area contributed by atoms with Crippen molar-refractivity contribution in [1.29, 1.82) is 0 Å². The van der Waals surface area contributed by atoms with E-state index in [0.29, 0.717) is 0 Å². The molecule has 0 aliphatic heterocycles. The van der Waals surface area contributed by atoms with Crippen molar-refractivity contribution in [3.05, 3.63) is 0 Å². The van der Waals surface area contributed by atoms with E-state index >= 15 is 0 Å². The van der Waals surface area contributed by atoms with Crippen molar-refractivity contribution in [2.75, 3.05) is 13.2 Å². The Hall–Kier alpha value is -1.30. The summed E-state index contributed by atoms with van der Waals surface area (Å²) in [4.78, 5) is 22.1. The summed E-state index contributed by atoms with van der Waals surface area (Å²) in [6.07, 6.45) is 1.82. The number of nitrogens with one attached hydrogen (secondary N) is 1. The SMILES string of the molecule is CC1(C(=O)NCCOC(N)=O)CCCC1N. The lowest BCUT2D eigenvalue weighted by atomic mass is 9.84. The zero-order valence-corrected chi connectivity index (χ0v) is 9.49. The lowest BCUT2D eigenvalue weighted by molar-refractivity contribution is -0.130.